The summed E-state index contributed by atoms with van der Waals surface area (Å²) in [5.74, 6) is 0. The molecule has 0 radical (unpaired) electrons. The maximum absolute atomic E-state index is 2.66. The molecule has 15 aromatic rings. The minimum absolute atomic E-state index is 0.0381. The second-order valence-corrected chi connectivity index (χ2v) is 21.3. The van der Waals surface area contributed by atoms with E-state index in [1.54, 1.807) is 0 Å². The molecule has 5 aromatic heterocycles. The number of rotatable bonds is 2. The number of benzene rings is 10. The van der Waals surface area contributed by atoms with Gasteiger partial charge in [0.25, 0.3) is 0 Å². The highest BCUT2D eigenvalue weighted by molar-refractivity contribution is 6.40. The van der Waals surface area contributed by atoms with Crippen molar-refractivity contribution < 1.29 is 0 Å². The van der Waals surface area contributed by atoms with Crippen LogP contribution in [0.5, 0.6) is 0 Å². The predicted molar refractivity (Wildman–Crippen MR) is 288 cm³/mol. The molecule has 3 heteroatoms. The number of nitrogens with zero attached hydrogens (tertiary/aromatic N) is 3. The second-order valence-electron chi connectivity index (χ2n) is 21.3. The molecular formula is C64H47N3. The van der Waals surface area contributed by atoms with Crippen molar-refractivity contribution in [2.45, 2.75) is 52.4 Å². The van der Waals surface area contributed by atoms with Crippen molar-refractivity contribution in [1.29, 1.82) is 0 Å². The van der Waals surface area contributed by atoms with E-state index < -0.39 is 0 Å². The molecule has 0 unspecified atom stereocenters. The van der Waals surface area contributed by atoms with Gasteiger partial charge < -0.3 is 13.4 Å². The average molecular weight is 858 g/mol. The molecule has 15 rings (SSSR count). The van der Waals surface area contributed by atoms with Crippen molar-refractivity contribution in [3.8, 4) is 16.8 Å². The van der Waals surface area contributed by atoms with Gasteiger partial charge in [0.2, 0.25) is 0 Å². The minimum atomic E-state index is -0.0381. The van der Waals surface area contributed by atoms with Gasteiger partial charge in [0.15, 0.2) is 0 Å². The first-order chi connectivity index (χ1) is 32.5. The molecule has 0 aliphatic carbocycles. The zero-order chi connectivity index (χ0) is 44.8. The predicted octanol–water partition coefficient (Wildman–Crippen LogP) is 17.7. The first kappa shape index (κ1) is 37.4. The van der Waals surface area contributed by atoms with Crippen molar-refractivity contribution in [3.63, 3.8) is 0 Å². The maximum Gasteiger partial charge on any atom is 0.0627 e. The van der Waals surface area contributed by atoms with E-state index in [9.17, 15) is 0 Å². The van der Waals surface area contributed by atoms with Crippen LogP contribution in [-0.4, -0.2) is 13.4 Å². The SMILES string of the molecule is CC(C)(C)c1ccc2c(c1)c1cc(C(C)(C)C)cc3c4c5c6cc7ccccc7c7c8cc9ccccc9c(-c9ccc%10c(c9)c9ccccc9n%10-c9ccccc9)c8n(c5ccc4n2c13)c67. The molecule has 0 N–H and O–H groups in total. The Morgan fingerprint density at radius 3 is 1.60 bits per heavy atom. The van der Waals surface area contributed by atoms with Gasteiger partial charge in [0, 0.05) is 65.1 Å². The molecule has 0 aliphatic rings. The van der Waals surface area contributed by atoms with E-state index in [4.69, 9.17) is 0 Å². The summed E-state index contributed by atoms with van der Waals surface area (Å²) < 4.78 is 7.66. The van der Waals surface area contributed by atoms with Gasteiger partial charge in [-0.2, -0.15) is 0 Å². The fourth-order valence-electron chi connectivity index (χ4n) is 12.4. The number of hydrogen-bond donors (Lipinski definition) is 0. The highest BCUT2D eigenvalue weighted by Gasteiger charge is 2.29. The third kappa shape index (κ3) is 4.76. The fraction of sp³-hybridized carbons (Fsp3) is 0.125. The molecule has 0 spiro atoms. The average Bonchev–Trinajstić information content (AvgIpc) is 4.12. The van der Waals surface area contributed by atoms with Crippen molar-refractivity contribution in [2.24, 2.45) is 0 Å². The summed E-state index contributed by atoms with van der Waals surface area (Å²) in [6.45, 7) is 14.1. The molecule has 5 heterocycles. The van der Waals surface area contributed by atoms with Gasteiger partial charge in [-0.05, 0) is 128 Å². The number of aromatic nitrogens is 3. The fourth-order valence-corrected chi connectivity index (χ4v) is 12.4. The van der Waals surface area contributed by atoms with E-state index in [1.165, 1.54) is 147 Å². The van der Waals surface area contributed by atoms with Crippen LogP contribution in [0.15, 0.2) is 176 Å². The summed E-state index contributed by atoms with van der Waals surface area (Å²) in [4.78, 5) is 0. The second kappa shape index (κ2) is 12.5. The Hall–Kier alpha value is -7.88. The highest BCUT2D eigenvalue weighted by Crippen LogP contribution is 2.52. The molecule has 0 atom stereocenters. The van der Waals surface area contributed by atoms with Crippen LogP contribution < -0.4 is 0 Å². The Kier molecular flexibility index (Phi) is 6.97. The Balaban J connectivity index is 1.14. The van der Waals surface area contributed by atoms with Gasteiger partial charge in [-0.15, -0.1) is 0 Å². The van der Waals surface area contributed by atoms with Gasteiger partial charge in [-0.25, -0.2) is 0 Å². The lowest BCUT2D eigenvalue weighted by Gasteiger charge is -2.20. The van der Waals surface area contributed by atoms with E-state index in [-0.39, 0.29) is 10.8 Å². The van der Waals surface area contributed by atoms with Crippen LogP contribution in [0, 0.1) is 0 Å². The Bertz CT molecular complexity index is 4620. The number of hydrogen-bond acceptors (Lipinski definition) is 0. The van der Waals surface area contributed by atoms with E-state index in [1.807, 2.05) is 0 Å². The van der Waals surface area contributed by atoms with Crippen LogP contribution in [-0.2, 0) is 10.8 Å². The van der Waals surface area contributed by atoms with Gasteiger partial charge in [0.05, 0.1) is 44.1 Å². The van der Waals surface area contributed by atoms with E-state index in [0.717, 1.165) is 0 Å². The normalized spacial score (nSPS) is 13.2. The first-order valence-corrected chi connectivity index (χ1v) is 23.9. The molecule has 10 aromatic carbocycles. The van der Waals surface area contributed by atoms with Crippen LogP contribution in [0.2, 0.25) is 0 Å². The van der Waals surface area contributed by atoms with Crippen molar-refractivity contribution in [1.82, 2.24) is 13.4 Å². The minimum Gasteiger partial charge on any atom is -0.309 e. The monoisotopic (exact) mass is 857 g/mol. The molecule has 0 fully saturated rings. The topological polar surface area (TPSA) is 13.8 Å². The van der Waals surface area contributed by atoms with E-state index >= 15 is 0 Å². The van der Waals surface area contributed by atoms with E-state index in [2.05, 4.69) is 231 Å². The summed E-state index contributed by atoms with van der Waals surface area (Å²) in [5, 5.41) is 18.2. The molecule has 0 saturated heterocycles. The number of fused-ring (bicyclic) bond motifs is 19. The molecule has 0 saturated carbocycles. The van der Waals surface area contributed by atoms with Crippen LogP contribution in [0.1, 0.15) is 52.7 Å². The van der Waals surface area contributed by atoms with Crippen molar-refractivity contribution in [2.75, 3.05) is 0 Å². The lowest BCUT2D eigenvalue weighted by atomic mass is 9.84. The summed E-state index contributed by atoms with van der Waals surface area (Å²) in [6, 6.07) is 67.0. The lowest BCUT2D eigenvalue weighted by molar-refractivity contribution is 0.590. The van der Waals surface area contributed by atoms with Crippen molar-refractivity contribution in [3.05, 3.63) is 187 Å². The molecule has 318 valence electrons. The van der Waals surface area contributed by atoms with Crippen LogP contribution in [0.3, 0.4) is 0 Å². The summed E-state index contributed by atoms with van der Waals surface area (Å²) in [6.07, 6.45) is 0. The third-order valence-corrected chi connectivity index (χ3v) is 15.5. The molecule has 3 nitrogen and oxygen atoms in total. The molecular weight excluding hydrogens is 811 g/mol. The zero-order valence-electron chi connectivity index (χ0n) is 38.6. The lowest BCUT2D eigenvalue weighted by Crippen LogP contribution is -2.11. The van der Waals surface area contributed by atoms with Gasteiger partial charge >= 0.3 is 0 Å². The van der Waals surface area contributed by atoms with Crippen molar-refractivity contribution >= 4 is 120 Å². The van der Waals surface area contributed by atoms with Crippen LogP contribution in [0.4, 0.5) is 0 Å². The number of para-hydroxylation sites is 2. The molecule has 0 bridgehead atoms. The molecule has 0 aliphatic heterocycles. The maximum atomic E-state index is 2.66. The third-order valence-electron chi connectivity index (χ3n) is 15.5. The first-order valence-electron chi connectivity index (χ1n) is 23.9. The Morgan fingerprint density at radius 2 is 0.851 bits per heavy atom. The standard InChI is InChI=1S/C64H47N3/c1-63(2,3)39-25-27-53-46(33-39)47-34-40(64(4,5)6)35-50-59-54(66(53)60(47)50)28-29-55-58(59)49-31-37-17-11-13-21-43(37)57-48-30-36-16-10-12-20-42(36)56(61(48)67(55)62(49)57)38-24-26-52-45(32-38)44-22-14-15-23-51(44)65(52)41-18-8-7-9-19-41/h7-35H,1-6H3. The van der Waals surface area contributed by atoms with Gasteiger partial charge in [-0.1, -0.05) is 139 Å². The molecule has 0 amide bonds. The van der Waals surface area contributed by atoms with Gasteiger partial charge in [0.1, 0.15) is 0 Å². The quantitative estimate of drug-likeness (QED) is 0.164. The molecule has 67 heavy (non-hydrogen) atoms. The van der Waals surface area contributed by atoms with Gasteiger partial charge in [-0.3, -0.25) is 0 Å². The summed E-state index contributed by atoms with van der Waals surface area (Å²) in [7, 11) is 0. The van der Waals surface area contributed by atoms with Crippen LogP contribution >= 0.6 is 0 Å². The van der Waals surface area contributed by atoms with Crippen LogP contribution in [0.25, 0.3) is 136 Å². The Labute approximate surface area is 387 Å². The largest absolute Gasteiger partial charge is 0.309 e. The summed E-state index contributed by atoms with van der Waals surface area (Å²) in [5.41, 5.74) is 16.5. The highest BCUT2D eigenvalue weighted by atomic mass is 15.0. The zero-order valence-corrected chi connectivity index (χ0v) is 38.6. The summed E-state index contributed by atoms with van der Waals surface area (Å²) >= 11 is 0. The van der Waals surface area contributed by atoms with E-state index in [0.29, 0.717) is 0 Å². The smallest absolute Gasteiger partial charge is 0.0627 e. The Morgan fingerprint density at radius 1 is 0.313 bits per heavy atom.